The van der Waals surface area contributed by atoms with Crippen molar-refractivity contribution < 1.29 is 34.0 Å². The van der Waals surface area contributed by atoms with Crippen molar-refractivity contribution in [3.05, 3.63) is 53.6 Å². The van der Waals surface area contributed by atoms with Gasteiger partial charge in [-0.05, 0) is 23.3 Å². The molecule has 0 aromatic heterocycles. The Kier molecular flexibility index (Phi) is 4.02. The number of methoxy groups -OCH3 is 1. The number of ether oxygens (including phenoxy) is 3. The Hall–Kier alpha value is -3.22. The molecule has 1 heterocycles. The summed E-state index contributed by atoms with van der Waals surface area (Å²) in [5.41, 5.74) is -1.60. The number of phenolic OH excluding ortho intramolecular Hbond substituents is 2. The van der Waals surface area contributed by atoms with Crippen molar-refractivity contribution in [1.82, 2.24) is 0 Å². The van der Waals surface area contributed by atoms with Crippen LogP contribution in [0.3, 0.4) is 0 Å². The molecule has 7 nitrogen and oxygen atoms in total. The largest absolute Gasteiger partial charge is 0.504 e. The van der Waals surface area contributed by atoms with Gasteiger partial charge in [-0.15, -0.1) is 0 Å². The molecule has 1 aliphatic rings. The summed E-state index contributed by atoms with van der Waals surface area (Å²) in [5, 5.41) is 19.9. The standard InChI is InChI=1S/C19H18O7/c1-18(2)25-16(22)19(17(23)26-18,11-7-5-4-6-8-11)12-9-13(20)15(21)14(10-12)24-3/h4-10,20-21H,1-3H3. The van der Waals surface area contributed by atoms with Crippen LogP contribution in [0.5, 0.6) is 17.2 Å². The van der Waals surface area contributed by atoms with Gasteiger partial charge in [0.1, 0.15) is 0 Å². The van der Waals surface area contributed by atoms with E-state index in [1.165, 1.54) is 27.0 Å². The van der Waals surface area contributed by atoms with E-state index < -0.39 is 34.6 Å². The van der Waals surface area contributed by atoms with Gasteiger partial charge in [-0.25, -0.2) is 9.59 Å². The summed E-state index contributed by atoms with van der Waals surface area (Å²) in [6.07, 6.45) is 0. The van der Waals surface area contributed by atoms with Crippen molar-refractivity contribution >= 4 is 11.9 Å². The number of hydrogen-bond donors (Lipinski definition) is 2. The van der Waals surface area contributed by atoms with Crippen molar-refractivity contribution in [2.75, 3.05) is 7.11 Å². The molecule has 2 aromatic carbocycles. The van der Waals surface area contributed by atoms with Gasteiger partial charge in [0.2, 0.25) is 11.2 Å². The topological polar surface area (TPSA) is 102 Å². The van der Waals surface area contributed by atoms with Crippen LogP contribution in [0.4, 0.5) is 0 Å². The predicted molar refractivity (Wildman–Crippen MR) is 89.8 cm³/mol. The molecule has 0 aliphatic carbocycles. The Morgan fingerprint density at radius 1 is 0.923 bits per heavy atom. The number of aromatic hydroxyl groups is 2. The average Bonchev–Trinajstić information content (AvgIpc) is 2.57. The van der Waals surface area contributed by atoms with Gasteiger partial charge in [-0.3, -0.25) is 0 Å². The van der Waals surface area contributed by atoms with E-state index in [2.05, 4.69) is 0 Å². The van der Waals surface area contributed by atoms with Gasteiger partial charge < -0.3 is 24.4 Å². The molecule has 7 heteroatoms. The summed E-state index contributed by atoms with van der Waals surface area (Å²) in [6.45, 7) is 2.90. The Balaban J connectivity index is 2.33. The van der Waals surface area contributed by atoms with Gasteiger partial charge in [0, 0.05) is 13.8 Å². The van der Waals surface area contributed by atoms with Crippen molar-refractivity contribution in [2.45, 2.75) is 25.0 Å². The molecule has 0 atom stereocenters. The Labute approximate surface area is 149 Å². The fourth-order valence-electron chi connectivity index (χ4n) is 3.00. The third-order valence-corrected chi connectivity index (χ3v) is 4.20. The quantitative estimate of drug-likeness (QED) is 0.493. The minimum Gasteiger partial charge on any atom is -0.504 e. The first-order valence-electron chi connectivity index (χ1n) is 7.85. The summed E-state index contributed by atoms with van der Waals surface area (Å²) in [7, 11) is 1.29. The number of hydrogen-bond acceptors (Lipinski definition) is 7. The van der Waals surface area contributed by atoms with Crippen LogP contribution >= 0.6 is 0 Å². The lowest BCUT2D eigenvalue weighted by Gasteiger charge is -2.40. The number of rotatable bonds is 3. The van der Waals surface area contributed by atoms with E-state index in [0.29, 0.717) is 5.56 Å². The van der Waals surface area contributed by atoms with Crippen molar-refractivity contribution in [2.24, 2.45) is 0 Å². The minimum absolute atomic E-state index is 0.0568. The smallest absolute Gasteiger partial charge is 0.335 e. The fourth-order valence-corrected chi connectivity index (χ4v) is 3.00. The van der Waals surface area contributed by atoms with E-state index in [9.17, 15) is 19.8 Å². The van der Waals surface area contributed by atoms with Crippen LogP contribution in [0.2, 0.25) is 0 Å². The van der Waals surface area contributed by atoms with E-state index in [4.69, 9.17) is 14.2 Å². The summed E-state index contributed by atoms with van der Waals surface area (Å²) in [4.78, 5) is 26.1. The molecule has 0 bridgehead atoms. The number of esters is 2. The number of benzene rings is 2. The molecule has 26 heavy (non-hydrogen) atoms. The second kappa shape index (κ2) is 5.94. The van der Waals surface area contributed by atoms with Crippen molar-refractivity contribution in [3.63, 3.8) is 0 Å². The third kappa shape index (κ3) is 2.52. The van der Waals surface area contributed by atoms with Crippen LogP contribution in [0.1, 0.15) is 25.0 Å². The zero-order chi connectivity index (χ0) is 19.1. The van der Waals surface area contributed by atoms with E-state index in [1.54, 1.807) is 30.3 Å². The summed E-state index contributed by atoms with van der Waals surface area (Å²) in [6, 6.07) is 10.6. The van der Waals surface area contributed by atoms with E-state index in [0.717, 1.165) is 6.07 Å². The fraction of sp³-hybridized carbons (Fsp3) is 0.263. The molecule has 1 aliphatic heterocycles. The van der Waals surface area contributed by atoms with E-state index in [-0.39, 0.29) is 11.3 Å². The first kappa shape index (κ1) is 17.6. The minimum atomic E-state index is -1.96. The SMILES string of the molecule is COc1cc(C2(c3ccccc3)C(=O)OC(C)(C)OC2=O)cc(O)c1O. The normalized spacial score (nSPS) is 18.0. The summed E-state index contributed by atoms with van der Waals surface area (Å²) >= 11 is 0. The monoisotopic (exact) mass is 358 g/mol. The maximum Gasteiger partial charge on any atom is 0.335 e. The number of carbonyl (C=O) groups is 2. The zero-order valence-corrected chi connectivity index (χ0v) is 14.5. The van der Waals surface area contributed by atoms with E-state index in [1.807, 2.05) is 0 Å². The number of carbonyl (C=O) groups excluding carboxylic acids is 2. The first-order valence-corrected chi connectivity index (χ1v) is 7.85. The third-order valence-electron chi connectivity index (χ3n) is 4.20. The maximum absolute atomic E-state index is 13.0. The molecule has 0 amide bonds. The lowest BCUT2D eigenvalue weighted by Crippen LogP contribution is -2.57. The lowest BCUT2D eigenvalue weighted by atomic mass is 9.73. The Bertz CT molecular complexity index is 851. The van der Waals surface area contributed by atoms with Gasteiger partial charge in [0.25, 0.3) is 5.79 Å². The molecule has 2 aromatic rings. The van der Waals surface area contributed by atoms with Crippen LogP contribution in [0, 0.1) is 0 Å². The van der Waals surface area contributed by atoms with Gasteiger partial charge >= 0.3 is 11.9 Å². The van der Waals surface area contributed by atoms with Crippen molar-refractivity contribution in [3.8, 4) is 17.2 Å². The zero-order valence-electron chi connectivity index (χ0n) is 14.5. The Morgan fingerprint density at radius 2 is 1.50 bits per heavy atom. The molecule has 2 N–H and O–H groups in total. The Morgan fingerprint density at radius 3 is 2.04 bits per heavy atom. The molecule has 0 spiro atoms. The van der Waals surface area contributed by atoms with Gasteiger partial charge in [-0.2, -0.15) is 0 Å². The average molecular weight is 358 g/mol. The molecule has 0 saturated carbocycles. The highest BCUT2D eigenvalue weighted by atomic mass is 16.7. The highest BCUT2D eigenvalue weighted by molar-refractivity contribution is 6.11. The lowest BCUT2D eigenvalue weighted by molar-refractivity contribution is -0.240. The molecular formula is C19H18O7. The van der Waals surface area contributed by atoms with Crippen LogP contribution in [-0.2, 0) is 24.5 Å². The number of cyclic esters (lactones) is 2. The maximum atomic E-state index is 13.0. The van der Waals surface area contributed by atoms with Crippen LogP contribution in [0.15, 0.2) is 42.5 Å². The second-order valence-electron chi connectivity index (χ2n) is 6.34. The van der Waals surface area contributed by atoms with Crippen molar-refractivity contribution in [1.29, 1.82) is 0 Å². The second-order valence-corrected chi connectivity index (χ2v) is 6.34. The molecular weight excluding hydrogens is 340 g/mol. The van der Waals surface area contributed by atoms with Gasteiger partial charge in [0.05, 0.1) is 7.11 Å². The predicted octanol–water partition coefficient (Wildman–Crippen LogP) is 2.23. The van der Waals surface area contributed by atoms with E-state index >= 15 is 0 Å². The van der Waals surface area contributed by atoms with Crippen LogP contribution < -0.4 is 4.74 Å². The number of phenols is 2. The van der Waals surface area contributed by atoms with Crippen LogP contribution in [-0.4, -0.2) is 35.0 Å². The first-order chi connectivity index (χ1) is 12.2. The molecule has 3 rings (SSSR count). The van der Waals surface area contributed by atoms with Gasteiger partial charge in [0.15, 0.2) is 11.5 Å². The molecule has 1 saturated heterocycles. The summed E-state index contributed by atoms with van der Waals surface area (Å²) in [5.74, 6) is -4.26. The highest BCUT2D eigenvalue weighted by Gasteiger charge is 2.59. The molecule has 0 radical (unpaired) electrons. The van der Waals surface area contributed by atoms with Crippen LogP contribution in [0.25, 0.3) is 0 Å². The molecule has 136 valence electrons. The molecule has 0 unspecified atom stereocenters. The molecule has 1 fully saturated rings. The summed E-state index contributed by atoms with van der Waals surface area (Å²) < 4.78 is 15.7. The van der Waals surface area contributed by atoms with Gasteiger partial charge in [-0.1, -0.05) is 30.3 Å². The highest BCUT2D eigenvalue weighted by Crippen LogP contribution is 2.46.